The fraction of sp³-hybridized carbons (Fsp3) is 0.118. The minimum atomic E-state index is -4.75. The summed E-state index contributed by atoms with van der Waals surface area (Å²) in [4.78, 5) is 16.1. The molecular formula is C17H13F3N4O2. The third kappa shape index (κ3) is 4.82. The molecule has 0 unspecified atom stereocenters. The summed E-state index contributed by atoms with van der Waals surface area (Å²) in [6.45, 7) is 0.530. The van der Waals surface area contributed by atoms with Crippen molar-refractivity contribution in [1.82, 2.24) is 14.8 Å². The first-order valence-electron chi connectivity index (χ1n) is 7.47. The van der Waals surface area contributed by atoms with Crippen LogP contribution in [0.4, 0.5) is 18.9 Å². The highest BCUT2D eigenvalue weighted by molar-refractivity contribution is 6.04. The Morgan fingerprint density at radius 3 is 2.35 bits per heavy atom. The summed E-state index contributed by atoms with van der Waals surface area (Å²) in [7, 11) is 0. The van der Waals surface area contributed by atoms with E-state index in [0.29, 0.717) is 17.8 Å². The Morgan fingerprint density at radius 1 is 1.08 bits per heavy atom. The second-order valence-corrected chi connectivity index (χ2v) is 5.32. The summed E-state index contributed by atoms with van der Waals surface area (Å²) in [5, 5.41) is 6.61. The monoisotopic (exact) mass is 362 g/mol. The first-order valence-corrected chi connectivity index (χ1v) is 7.47. The number of amides is 1. The van der Waals surface area contributed by atoms with Crippen molar-refractivity contribution < 1.29 is 22.7 Å². The first kappa shape index (κ1) is 17.5. The van der Waals surface area contributed by atoms with Crippen molar-refractivity contribution in [2.75, 3.05) is 5.32 Å². The first-order chi connectivity index (χ1) is 12.4. The van der Waals surface area contributed by atoms with Gasteiger partial charge in [-0.15, -0.1) is 13.2 Å². The van der Waals surface area contributed by atoms with Gasteiger partial charge in [0.15, 0.2) is 0 Å². The molecule has 2 aromatic carbocycles. The molecule has 1 N–H and O–H groups in total. The molecule has 134 valence electrons. The number of halogens is 3. The van der Waals surface area contributed by atoms with Gasteiger partial charge in [0.2, 0.25) is 0 Å². The van der Waals surface area contributed by atoms with Crippen LogP contribution in [0.5, 0.6) is 5.75 Å². The molecule has 0 spiro atoms. The van der Waals surface area contributed by atoms with Crippen LogP contribution in [0.1, 0.15) is 15.9 Å². The number of nitrogens with one attached hydrogen (secondary N) is 1. The van der Waals surface area contributed by atoms with Crippen LogP contribution >= 0.6 is 0 Å². The number of hydrogen-bond acceptors (Lipinski definition) is 4. The molecule has 26 heavy (non-hydrogen) atoms. The van der Waals surface area contributed by atoms with E-state index in [4.69, 9.17) is 0 Å². The Kier molecular flexibility index (Phi) is 4.87. The Morgan fingerprint density at radius 2 is 1.77 bits per heavy atom. The van der Waals surface area contributed by atoms with Crippen LogP contribution in [0, 0.1) is 0 Å². The predicted octanol–water partition coefficient (Wildman–Crippen LogP) is 3.48. The van der Waals surface area contributed by atoms with E-state index in [1.54, 1.807) is 35.3 Å². The lowest BCUT2D eigenvalue weighted by atomic mass is 10.1. The second kappa shape index (κ2) is 7.26. The molecule has 0 saturated heterocycles. The van der Waals surface area contributed by atoms with Crippen molar-refractivity contribution >= 4 is 11.6 Å². The summed E-state index contributed by atoms with van der Waals surface area (Å²) in [6.07, 6.45) is -1.72. The lowest BCUT2D eigenvalue weighted by Gasteiger charge is -2.10. The molecule has 9 heteroatoms. The third-order valence-corrected chi connectivity index (χ3v) is 3.37. The summed E-state index contributed by atoms with van der Waals surface area (Å²) in [6, 6.07) is 11.8. The zero-order valence-electron chi connectivity index (χ0n) is 13.3. The SMILES string of the molecule is O=C(Nc1ccc(OC(F)(F)F)cc1)c1ccc(Cn2cncn2)cc1. The minimum Gasteiger partial charge on any atom is -0.406 e. The van der Waals surface area contributed by atoms with Crippen molar-refractivity contribution in [3.8, 4) is 5.75 Å². The molecule has 0 aliphatic rings. The summed E-state index contributed by atoms with van der Waals surface area (Å²) in [5.41, 5.74) is 1.72. The maximum atomic E-state index is 12.2. The highest BCUT2D eigenvalue weighted by atomic mass is 19.4. The van der Waals surface area contributed by atoms with Gasteiger partial charge in [-0.2, -0.15) is 5.10 Å². The van der Waals surface area contributed by atoms with Gasteiger partial charge >= 0.3 is 6.36 Å². The van der Waals surface area contributed by atoms with E-state index in [1.807, 2.05) is 0 Å². The molecule has 3 rings (SSSR count). The van der Waals surface area contributed by atoms with Gasteiger partial charge in [-0.25, -0.2) is 9.67 Å². The zero-order valence-corrected chi connectivity index (χ0v) is 13.3. The van der Waals surface area contributed by atoms with E-state index >= 15 is 0 Å². The number of alkyl halides is 3. The fourth-order valence-corrected chi connectivity index (χ4v) is 2.21. The van der Waals surface area contributed by atoms with Crippen molar-refractivity contribution in [1.29, 1.82) is 0 Å². The molecule has 0 bridgehead atoms. The molecule has 3 aromatic rings. The lowest BCUT2D eigenvalue weighted by molar-refractivity contribution is -0.274. The minimum absolute atomic E-state index is 0.354. The molecule has 0 aliphatic carbocycles. The number of carbonyl (C=O) groups is 1. The van der Waals surface area contributed by atoms with Crippen LogP contribution in [0.2, 0.25) is 0 Å². The average molecular weight is 362 g/mol. The number of aromatic nitrogens is 3. The Bertz CT molecular complexity index is 861. The number of ether oxygens (including phenoxy) is 1. The number of nitrogens with zero attached hydrogens (tertiary/aromatic N) is 3. The molecule has 6 nitrogen and oxygen atoms in total. The van der Waals surface area contributed by atoms with E-state index in [-0.39, 0.29) is 11.7 Å². The van der Waals surface area contributed by atoms with Gasteiger partial charge in [0, 0.05) is 11.3 Å². The average Bonchev–Trinajstić information content (AvgIpc) is 3.09. The van der Waals surface area contributed by atoms with E-state index < -0.39 is 6.36 Å². The standard InChI is InChI=1S/C17H13F3N4O2/c18-17(19,20)26-15-7-5-14(6-8-15)23-16(25)13-3-1-12(2-4-13)9-24-11-21-10-22-24/h1-8,10-11H,9H2,(H,23,25). The molecule has 0 saturated carbocycles. The predicted molar refractivity (Wildman–Crippen MR) is 86.6 cm³/mol. The molecular weight excluding hydrogens is 349 g/mol. The summed E-state index contributed by atoms with van der Waals surface area (Å²) >= 11 is 0. The summed E-state index contributed by atoms with van der Waals surface area (Å²) < 4.78 is 41.8. The molecule has 1 aromatic heterocycles. The maximum absolute atomic E-state index is 12.2. The number of benzene rings is 2. The number of anilines is 1. The van der Waals surface area contributed by atoms with Gasteiger partial charge < -0.3 is 10.1 Å². The van der Waals surface area contributed by atoms with Crippen molar-refractivity contribution in [2.45, 2.75) is 12.9 Å². The maximum Gasteiger partial charge on any atom is 0.573 e. The Hall–Kier alpha value is -3.36. The zero-order chi connectivity index (χ0) is 18.6. The van der Waals surface area contributed by atoms with Crippen molar-refractivity contribution in [2.24, 2.45) is 0 Å². The van der Waals surface area contributed by atoms with Crippen LogP contribution in [-0.2, 0) is 6.54 Å². The van der Waals surface area contributed by atoms with Crippen molar-refractivity contribution in [3.05, 3.63) is 72.3 Å². The molecule has 0 aliphatic heterocycles. The highest BCUT2D eigenvalue weighted by Gasteiger charge is 2.30. The highest BCUT2D eigenvalue weighted by Crippen LogP contribution is 2.24. The van der Waals surface area contributed by atoms with Gasteiger partial charge in [0.25, 0.3) is 5.91 Å². The van der Waals surface area contributed by atoms with Gasteiger partial charge in [-0.05, 0) is 42.0 Å². The molecule has 1 heterocycles. The third-order valence-electron chi connectivity index (χ3n) is 3.37. The Balaban J connectivity index is 1.60. The number of rotatable bonds is 5. The van der Waals surface area contributed by atoms with E-state index in [9.17, 15) is 18.0 Å². The smallest absolute Gasteiger partial charge is 0.406 e. The summed E-state index contributed by atoms with van der Waals surface area (Å²) in [5.74, 6) is -0.727. The van der Waals surface area contributed by atoms with Crippen LogP contribution in [0.15, 0.2) is 61.2 Å². The van der Waals surface area contributed by atoms with Gasteiger partial charge in [-0.1, -0.05) is 12.1 Å². The lowest BCUT2D eigenvalue weighted by Crippen LogP contribution is -2.17. The van der Waals surface area contributed by atoms with Crippen LogP contribution in [-0.4, -0.2) is 27.0 Å². The topological polar surface area (TPSA) is 69.0 Å². The van der Waals surface area contributed by atoms with Crippen LogP contribution < -0.4 is 10.1 Å². The molecule has 0 atom stereocenters. The number of hydrogen-bond donors (Lipinski definition) is 1. The van der Waals surface area contributed by atoms with E-state index in [0.717, 1.165) is 17.7 Å². The quantitative estimate of drug-likeness (QED) is 0.755. The van der Waals surface area contributed by atoms with Crippen molar-refractivity contribution in [3.63, 3.8) is 0 Å². The number of carbonyl (C=O) groups excluding carboxylic acids is 1. The molecule has 0 radical (unpaired) electrons. The van der Waals surface area contributed by atoms with Crippen LogP contribution in [0.3, 0.4) is 0 Å². The van der Waals surface area contributed by atoms with Gasteiger partial charge in [0.05, 0.1) is 6.54 Å². The normalized spacial score (nSPS) is 11.2. The second-order valence-electron chi connectivity index (χ2n) is 5.32. The van der Waals surface area contributed by atoms with Gasteiger partial charge in [0.1, 0.15) is 18.4 Å². The van der Waals surface area contributed by atoms with Crippen LogP contribution in [0.25, 0.3) is 0 Å². The molecule has 1 amide bonds. The van der Waals surface area contributed by atoms with Gasteiger partial charge in [-0.3, -0.25) is 4.79 Å². The Labute approximate surface area is 146 Å². The largest absolute Gasteiger partial charge is 0.573 e. The van der Waals surface area contributed by atoms with E-state index in [2.05, 4.69) is 20.1 Å². The fourth-order valence-electron chi connectivity index (χ4n) is 2.21. The van der Waals surface area contributed by atoms with E-state index in [1.165, 1.54) is 18.5 Å². The molecule has 0 fully saturated rings.